The topological polar surface area (TPSA) is 28.2 Å². The number of aromatic nitrogens is 1. The first-order chi connectivity index (χ1) is 7.88. The molecule has 3 nitrogen and oxygen atoms in total. The number of thiazole rings is 1. The average Bonchev–Trinajstić information content (AvgIpc) is 2.42. The number of nitrogens with one attached hydrogen (secondary N) is 1. The largest absolute Gasteiger partial charge is 0.357 e. The Labute approximate surface area is 109 Å². The van der Waals surface area contributed by atoms with E-state index in [4.69, 9.17) is 0 Å². The third kappa shape index (κ3) is 5.04. The van der Waals surface area contributed by atoms with E-state index in [1.807, 2.05) is 0 Å². The van der Waals surface area contributed by atoms with Gasteiger partial charge < -0.3 is 10.2 Å². The average molecular weight is 255 g/mol. The predicted molar refractivity (Wildman–Crippen MR) is 77.0 cm³/mol. The monoisotopic (exact) mass is 255 g/mol. The second-order valence-electron chi connectivity index (χ2n) is 5.39. The molecule has 0 aliphatic heterocycles. The van der Waals surface area contributed by atoms with Gasteiger partial charge in [0, 0.05) is 17.5 Å². The van der Waals surface area contributed by atoms with Gasteiger partial charge in [-0.05, 0) is 40.3 Å². The summed E-state index contributed by atoms with van der Waals surface area (Å²) in [7, 11) is 4.24. The summed E-state index contributed by atoms with van der Waals surface area (Å²) in [6, 6.07) is 0.481. The second-order valence-corrected chi connectivity index (χ2v) is 6.60. The van der Waals surface area contributed by atoms with Gasteiger partial charge in [-0.2, -0.15) is 0 Å². The molecule has 17 heavy (non-hydrogen) atoms. The maximum atomic E-state index is 4.55. The van der Waals surface area contributed by atoms with Gasteiger partial charge >= 0.3 is 0 Å². The highest BCUT2D eigenvalue weighted by molar-refractivity contribution is 7.15. The highest BCUT2D eigenvalue weighted by atomic mass is 32.1. The van der Waals surface area contributed by atoms with Crippen molar-refractivity contribution in [1.29, 1.82) is 0 Å². The smallest absolute Gasteiger partial charge is 0.183 e. The number of rotatable bonds is 6. The summed E-state index contributed by atoms with van der Waals surface area (Å²) in [5.41, 5.74) is 1.14. The van der Waals surface area contributed by atoms with Gasteiger partial charge in [0.25, 0.3) is 0 Å². The summed E-state index contributed by atoms with van der Waals surface area (Å²) in [5, 5.41) is 4.63. The fraction of sp³-hybridized carbons (Fsp3) is 0.769. The standard InChI is InChI=1S/C13H25N3S/c1-9(2)7-12(8-16(5)6)15-13-14-10(3)11(4)17-13/h9,12H,7-8H2,1-6H3,(H,14,15). The van der Waals surface area contributed by atoms with Crippen LogP contribution in [0.3, 0.4) is 0 Å². The lowest BCUT2D eigenvalue weighted by Crippen LogP contribution is -2.33. The van der Waals surface area contributed by atoms with Crippen LogP contribution in [0.2, 0.25) is 0 Å². The number of aryl methyl sites for hydroxylation is 2. The third-order valence-electron chi connectivity index (χ3n) is 2.70. The van der Waals surface area contributed by atoms with Gasteiger partial charge in [0.2, 0.25) is 0 Å². The summed E-state index contributed by atoms with van der Waals surface area (Å²) in [6.45, 7) is 9.78. The molecule has 0 spiro atoms. The van der Waals surface area contributed by atoms with Crippen molar-refractivity contribution in [1.82, 2.24) is 9.88 Å². The molecular formula is C13H25N3S. The Hall–Kier alpha value is -0.610. The van der Waals surface area contributed by atoms with Gasteiger partial charge in [-0.3, -0.25) is 0 Å². The van der Waals surface area contributed by atoms with E-state index in [9.17, 15) is 0 Å². The molecule has 1 atom stereocenters. The quantitative estimate of drug-likeness (QED) is 0.846. The Morgan fingerprint density at radius 3 is 2.35 bits per heavy atom. The zero-order chi connectivity index (χ0) is 13.0. The third-order valence-corrected chi connectivity index (χ3v) is 3.70. The number of likely N-dealkylation sites (N-methyl/N-ethyl adjacent to an activating group) is 1. The van der Waals surface area contributed by atoms with Crippen LogP contribution in [-0.2, 0) is 0 Å². The zero-order valence-electron chi connectivity index (χ0n) is 11.9. The van der Waals surface area contributed by atoms with Gasteiger partial charge in [-0.25, -0.2) is 4.98 Å². The minimum atomic E-state index is 0.481. The maximum absolute atomic E-state index is 4.55. The van der Waals surface area contributed by atoms with Crippen LogP contribution in [0.25, 0.3) is 0 Å². The maximum Gasteiger partial charge on any atom is 0.183 e. The molecule has 0 aromatic carbocycles. The molecule has 0 fully saturated rings. The molecule has 0 aliphatic carbocycles. The molecule has 1 heterocycles. The summed E-state index contributed by atoms with van der Waals surface area (Å²) in [6.07, 6.45) is 1.18. The van der Waals surface area contributed by atoms with Crippen LogP contribution in [0, 0.1) is 19.8 Å². The summed E-state index contributed by atoms with van der Waals surface area (Å²) < 4.78 is 0. The molecule has 0 bridgehead atoms. The Morgan fingerprint density at radius 2 is 1.94 bits per heavy atom. The van der Waals surface area contributed by atoms with Crippen molar-refractivity contribution in [2.45, 2.75) is 40.2 Å². The molecular weight excluding hydrogens is 230 g/mol. The lowest BCUT2D eigenvalue weighted by molar-refractivity contribution is 0.356. The van der Waals surface area contributed by atoms with Gasteiger partial charge in [0.05, 0.1) is 5.69 Å². The fourth-order valence-corrected chi connectivity index (χ4v) is 2.79. The van der Waals surface area contributed by atoms with E-state index in [1.165, 1.54) is 11.3 Å². The Kier molecular flexibility index (Phi) is 5.40. The first-order valence-corrected chi connectivity index (χ1v) is 7.05. The molecule has 1 aromatic rings. The lowest BCUT2D eigenvalue weighted by atomic mass is 10.0. The molecule has 1 unspecified atom stereocenters. The van der Waals surface area contributed by atoms with E-state index in [1.54, 1.807) is 11.3 Å². The second kappa shape index (κ2) is 6.36. The van der Waals surface area contributed by atoms with Crippen LogP contribution < -0.4 is 5.32 Å². The van der Waals surface area contributed by atoms with Crippen molar-refractivity contribution in [3.8, 4) is 0 Å². The highest BCUT2D eigenvalue weighted by Crippen LogP contribution is 2.23. The first kappa shape index (κ1) is 14.5. The van der Waals surface area contributed by atoms with Crippen LogP contribution in [-0.4, -0.2) is 36.6 Å². The molecule has 98 valence electrons. The Balaban J connectivity index is 2.64. The molecule has 0 aliphatic rings. The van der Waals surface area contributed by atoms with E-state index >= 15 is 0 Å². The molecule has 1 N–H and O–H groups in total. The Morgan fingerprint density at radius 1 is 1.29 bits per heavy atom. The summed E-state index contributed by atoms with van der Waals surface area (Å²) in [4.78, 5) is 8.09. The van der Waals surface area contributed by atoms with Crippen molar-refractivity contribution in [3.63, 3.8) is 0 Å². The van der Waals surface area contributed by atoms with E-state index < -0.39 is 0 Å². The summed E-state index contributed by atoms with van der Waals surface area (Å²) in [5.74, 6) is 0.703. The molecule has 1 rings (SSSR count). The van der Waals surface area contributed by atoms with E-state index in [0.717, 1.165) is 17.4 Å². The van der Waals surface area contributed by atoms with Crippen molar-refractivity contribution >= 4 is 16.5 Å². The van der Waals surface area contributed by atoms with E-state index in [2.05, 4.69) is 57.0 Å². The SMILES string of the molecule is Cc1nc(NC(CC(C)C)CN(C)C)sc1C. The zero-order valence-corrected chi connectivity index (χ0v) is 12.7. The number of hydrogen-bond acceptors (Lipinski definition) is 4. The molecule has 0 saturated heterocycles. The molecule has 0 saturated carbocycles. The number of nitrogens with zero attached hydrogens (tertiary/aromatic N) is 2. The highest BCUT2D eigenvalue weighted by Gasteiger charge is 2.14. The predicted octanol–water partition coefficient (Wildman–Crippen LogP) is 3.15. The van der Waals surface area contributed by atoms with E-state index in [0.29, 0.717) is 12.0 Å². The minimum absolute atomic E-state index is 0.481. The Bertz CT molecular complexity index is 315. The van der Waals surface area contributed by atoms with Gasteiger partial charge in [0.15, 0.2) is 5.13 Å². The first-order valence-electron chi connectivity index (χ1n) is 6.23. The van der Waals surface area contributed by atoms with E-state index in [-0.39, 0.29) is 0 Å². The molecule has 1 aromatic heterocycles. The van der Waals surface area contributed by atoms with Crippen LogP contribution >= 0.6 is 11.3 Å². The molecule has 4 heteroatoms. The van der Waals surface area contributed by atoms with Gasteiger partial charge in [-0.1, -0.05) is 13.8 Å². The van der Waals surface area contributed by atoms with Crippen molar-refractivity contribution in [2.75, 3.05) is 26.0 Å². The molecule has 0 amide bonds. The van der Waals surface area contributed by atoms with Crippen LogP contribution in [0.5, 0.6) is 0 Å². The van der Waals surface area contributed by atoms with Crippen LogP contribution in [0.4, 0.5) is 5.13 Å². The van der Waals surface area contributed by atoms with Crippen molar-refractivity contribution in [3.05, 3.63) is 10.6 Å². The van der Waals surface area contributed by atoms with Crippen molar-refractivity contribution in [2.24, 2.45) is 5.92 Å². The van der Waals surface area contributed by atoms with Crippen molar-refractivity contribution < 1.29 is 0 Å². The minimum Gasteiger partial charge on any atom is -0.357 e. The van der Waals surface area contributed by atoms with Gasteiger partial charge in [-0.15, -0.1) is 11.3 Å². The normalized spacial score (nSPS) is 13.4. The summed E-state index contributed by atoms with van der Waals surface area (Å²) >= 11 is 1.76. The lowest BCUT2D eigenvalue weighted by Gasteiger charge is -2.23. The fourth-order valence-electron chi connectivity index (χ4n) is 1.90. The van der Waals surface area contributed by atoms with Gasteiger partial charge in [0.1, 0.15) is 0 Å². The van der Waals surface area contributed by atoms with Crippen LogP contribution in [0.1, 0.15) is 30.8 Å². The molecule has 0 radical (unpaired) electrons. The number of hydrogen-bond donors (Lipinski definition) is 1. The number of anilines is 1. The van der Waals surface area contributed by atoms with Crippen LogP contribution in [0.15, 0.2) is 0 Å².